The predicted octanol–water partition coefficient (Wildman–Crippen LogP) is 3.23. The Morgan fingerprint density at radius 2 is 1.56 bits per heavy atom. The standard InChI is InChI=1S/C14H25BO3/c1-12(2)8-7-10(16)9-11(12)15-17-13(3,4)14(5,6)18-15/h11H,7-9H2,1-6H3/t11-/m1/s1. The van der Waals surface area contributed by atoms with Crippen LogP contribution in [0.3, 0.4) is 0 Å². The molecule has 1 atom stereocenters. The molecule has 0 aromatic rings. The van der Waals surface area contributed by atoms with Crippen molar-refractivity contribution in [2.75, 3.05) is 0 Å². The lowest BCUT2D eigenvalue weighted by Gasteiger charge is -2.38. The van der Waals surface area contributed by atoms with Gasteiger partial charge in [-0.3, -0.25) is 4.79 Å². The van der Waals surface area contributed by atoms with E-state index in [0.717, 1.165) is 6.42 Å². The molecule has 1 aliphatic heterocycles. The zero-order chi connectivity index (χ0) is 13.8. The fourth-order valence-corrected chi connectivity index (χ4v) is 2.79. The van der Waals surface area contributed by atoms with Gasteiger partial charge in [0.1, 0.15) is 5.78 Å². The average molecular weight is 252 g/mol. The smallest absolute Gasteiger partial charge is 0.403 e. The van der Waals surface area contributed by atoms with Crippen LogP contribution in [0, 0.1) is 5.41 Å². The molecular weight excluding hydrogens is 227 g/mol. The van der Waals surface area contributed by atoms with Crippen LogP contribution in [-0.2, 0) is 14.1 Å². The first-order valence-corrected chi connectivity index (χ1v) is 6.92. The molecule has 18 heavy (non-hydrogen) atoms. The minimum Gasteiger partial charge on any atom is -0.403 e. The molecule has 0 amide bonds. The molecule has 3 nitrogen and oxygen atoms in total. The van der Waals surface area contributed by atoms with Crippen LogP contribution in [0.4, 0.5) is 0 Å². The number of Topliss-reactive ketones (excluding diaryl/α,β-unsaturated/α-hetero) is 1. The topological polar surface area (TPSA) is 35.5 Å². The van der Waals surface area contributed by atoms with Crippen LogP contribution in [-0.4, -0.2) is 24.1 Å². The van der Waals surface area contributed by atoms with Gasteiger partial charge in [-0.2, -0.15) is 0 Å². The fraction of sp³-hybridized carbons (Fsp3) is 0.929. The molecule has 2 fully saturated rings. The maximum Gasteiger partial charge on any atom is 0.462 e. The van der Waals surface area contributed by atoms with E-state index in [2.05, 4.69) is 41.5 Å². The molecule has 0 radical (unpaired) electrons. The molecule has 2 rings (SSSR count). The van der Waals surface area contributed by atoms with Gasteiger partial charge in [-0.05, 0) is 39.5 Å². The summed E-state index contributed by atoms with van der Waals surface area (Å²) in [5.41, 5.74) is -0.516. The van der Waals surface area contributed by atoms with Gasteiger partial charge in [0.2, 0.25) is 0 Å². The molecule has 0 aromatic carbocycles. The van der Waals surface area contributed by atoms with E-state index in [4.69, 9.17) is 9.31 Å². The Hall–Kier alpha value is -0.345. The van der Waals surface area contributed by atoms with Crippen molar-refractivity contribution in [1.29, 1.82) is 0 Å². The first-order valence-electron chi connectivity index (χ1n) is 6.92. The van der Waals surface area contributed by atoms with Crippen LogP contribution in [0.25, 0.3) is 0 Å². The highest BCUT2D eigenvalue weighted by Gasteiger charge is 2.57. The number of carbonyl (C=O) groups is 1. The van der Waals surface area contributed by atoms with Gasteiger partial charge in [0, 0.05) is 18.7 Å². The summed E-state index contributed by atoms with van der Waals surface area (Å²) >= 11 is 0. The van der Waals surface area contributed by atoms with E-state index in [1.807, 2.05) is 0 Å². The van der Waals surface area contributed by atoms with Gasteiger partial charge in [-0.25, -0.2) is 0 Å². The Morgan fingerprint density at radius 3 is 2.06 bits per heavy atom. The Labute approximate surface area is 111 Å². The zero-order valence-electron chi connectivity index (χ0n) is 12.5. The third-order valence-electron chi connectivity index (χ3n) is 5.10. The van der Waals surface area contributed by atoms with Crippen molar-refractivity contribution >= 4 is 12.9 Å². The zero-order valence-corrected chi connectivity index (χ0v) is 12.5. The highest BCUT2D eigenvalue weighted by atomic mass is 16.7. The summed E-state index contributed by atoms with van der Waals surface area (Å²) < 4.78 is 12.2. The van der Waals surface area contributed by atoms with Crippen molar-refractivity contribution in [2.45, 2.75) is 77.8 Å². The van der Waals surface area contributed by atoms with Crippen molar-refractivity contribution < 1.29 is 14.1 Å². The van der Waals surface area contributed by atoms with Crippen LogP contribution in [0.2, 0.25) is 5.82 Å². The summed E-state index contributed by atoms with van der Waals surface area (Å²) in [5, 5.41) is 0. The van der Waals surface area contributed by atoms with Crippen molar-refractivity contribution in [3.8, 4) is 0 Å². The SMILES string of the molecule is CC1(C)CCC(=O)C[C@H]1B1OC(C)(C)C(C)(C)O1. The maximum absolute atomic E-state index is 11.7. The molecule has 0 unspecified atom stereocenters. The van der Waals surface area contributed by atoms with Crippen molar-refractivity contribution in [1.82, 2.24) is 0 Å². The van der Waals surface area contributed by atoms with E-state index in [0.29, 0.717) is 18.6 Å². The fourth-order valence-electron chi connectivity index (χ4n) is 2.79. The van der Waals surface area contributed by atoms with Crippen molar-refractivity contribution in [3.05, 3.63) is 0 Å². The third-order valence-corrected chi connectivity index (χ3v) is 5.10. The number of ketones is 1. The molecule has 0 aromatic heterocycles. The number of carbonyl (C=O) groups excluding carboxylic acids is 1. The lowest BCUT2D eigenvalue weighted by Crippen LogP contribution is -2.41. The van der Waals surface area contributed by atoms with Gasteiger partial charge in [-0.1, -0.05) is 13.8 Å². The highest BCUT2D eigenvalue weighted by molar-refractivity contribution is 6.48. The van der Waals surface area contributed by atoms with Gasteiger partial charge in [-0.15, -0.1) is 0 Å². The average Bonchev–Trinajstić information content (AvgIpc) is 2.40. The summed E-state index contributed by atoms with van der Waals surface area (Å²) in [4.78, 5) is 11.7. The van der Waals surface area contributed by atoms with Crippen LogP contribution in [0.5, 0.6) is 0 Å². The predicted molar refractivity (Wildman–Crippen MR) is 72.5 cm³/mol. The second-order valence-electron chi connectivity index (χ2n) is 7.46. The molecule has 0 spiro atoms. The summed E-state index contributed by atoms with van der Waals surface area (Å²) in [6.45, 7) is 12.7. The Kier molecular flexibility index (Phi) is 3.18. The van der Waals surface area contributed by atoms with Crippen LogP contribution in [0.1, 0.15) is 60.8 Å². The largest absolute Gasteiger partial charge is 0.462 e. The number of rotatable bonds is 1. The van der Waals surface area contributed by atoms with Crippen LogP contribution >= 0.6 is 0 Å². The second kappa shape index (κ2) is 4.07. The quantitative estimate of drug-likeness (QED) is 0.672. The van der Waals surface area contributed by atoms with Crippen LogP contribution in [0.15, 0.2) is 0 Å². The Bertz CT molecular complexity index is 344. The first-order chi connectivity index (χ1) is 8.05. The first kappa shape index (κ1) is 14.1. The van der Waals surface area contributed by atoms with Gasteiger partial charge in [0.05, 0.1) is 11.2 Å². The second-order valence-corrected chi connectivity index (χ2v) is 7.46. The monoisotopic (exact) mass is 252 g/mol. The molecule has 1 aliphatic carbocycles. The van der Waals surface area contributed by atoms with E-state index in [-0.39, 0.29) is 29.6 Å². The van der Waals surface area contributed by atoms with Gasteiger partial charge in [0.15, 0.2) is 0 Å². The molecule has 0 N–H and O–H groups in total. The van der Waals surface area contributed by atoms with Crippen LogP contribution < -0.4 is 0 Å². The Balaban J connectivity index is 2.20. The van der Waals surface area contributed by atoms with E-state index < -0.39 is 0 Å². The van der Waals surface area contributed by atoms with E-state index in [1.54, 1.807) is 0 Å². The summed E-state index contributed by atoms with van der Waals surface area (Å²) in [6, 6.07) is 0. The molecule has 2 aliphatic rings. The molecule has 4 heteroatoms. The normalized spacial score (nSPS) is 33.8. The molecule has 102 valence electrons. The lowest BCUT2D eigenvalue weighted by molar-refractivity contribution is -0.122. The molecule has 1 saturated heterocycles. The summed E-state index contributed by atoms with van der Waals surface area (Å²) in [7, 11) is -0.255. The van der Waals surface area contributed by atoms with Crippen molar-refractivity contribution in [2.24, 2.45) is 5.41 Å². The Morgan fingerprint density at radius 1 is 1.06 bits per heavy atom. The minimum atomic E-state index is -0.311. The van der Waals surface area contributed by atoms with E-state index >= 15 is 0 Å². The summed E-state index contributed by atoms with van der Waals surface area (Å²) in [6.07, 6.45) is 2.22. The third kappa shape index (κ3) is 2.25. The van der Waals surface area contributed by atoms with Crippen molar-refractivity contribution in [3.63, 3.8) is 0 Å². The van der Waals surface area contributed by atoms with E-state index in [9.17, 15) is 4.79 Å². The van der Waals surface area contributed by atoms with E-state index in [1.165, 1.54) is 0 Å². The van der Waals surface area contributed by atoms with Gasteiger partial charge < -0.3 is 9.31 Å². The molecule has 1 saturated carbocycles. The summed E-state index contributed by atoms with van der Waals surface area (Å²) in [5.74, 6) is 0.508. The van der Waals surface area contributed by atoms with Gasteiger partial charge in [0.25, 0.3) is 0 Å². The minimum absolute atomic E-state index is 0.106. The maximum atomic E-state index is 11.7. The molecule has 0 bridgehead atoms. The number of hydrogen-bond donors (Lipinski definition) is 0. The molecule has 1 heterocycles. The highest BCUT2D eigenvalue weighted by Crippen LogP contribution is 2.50. The van der Waals surface area contributed by atoms with Gasteiger partial charge >= 0.3 is 7.12 Å². The lowest BCUT2D eigenvalue weighted by atomic mass is 9.53. The number of hydrogen-bond acceptors (Lipinski definition) is 3. The molecular formula is C14H25BO3.